The van der Waals surface area contributed by atoms with Gasteiger partial charge in [0, 0.05) is 13.8 Å². The lowest BCUT2D eigenvalue weighted by Gasteiger charge is -2.32. The van der Waals surface area contributed by atoms with Crippen molar-refractivity contribution in [1.29, 1.82) is 0 Å². The molecule has 2 N–H and O–H groups in total. The zero-order valence-electron chi connectivity index (χ0n) is 17.3. The summed E-state index contributed by atoms with van der Waals surface area (Å²) < 4.78 is 0. The van der Waals surface area contributed by atoms with E-state index in [1.54, 1.807) is 0 Å². The molecule has 1 heterocycles. The van der Waals surface area contributed by atoms with E-state index in [9.17, 15) is 9.59 Å². The van der Waals surface area contributed by atoms with Crippen molar-refractivity contribution < 1.29 is 9.59 Å². The van der Waals surface area contributed by atoms with Crippen molar-refractivity contribution in [3.05, 3.63) is 5.28 Å². The average Bonchev–Trinajstić information content (AvgIpc) is 2.33. The monoisotopic (exact) mass is 385 g/mol. The third-order valence-electron chi connectivity index (χ3n) is 3.58. The zero-order chi connectivity index (χ0) is 20.7. The molecule has 1 aromatic heterocycles. The SMILES string of the molecule is CC(=O)Nc1nc(Cl)nc(NC(C)=O)n1.CC(CC(C)(C)C)C(C)(C)C. The Bertz CT molecular complexity index is 587. The Morgan fingerprint density at radius 2 is 1.31 bits per heavy atom. The van der Waals surface area contributed by atoms with Crippen molar-refractivity contribution in [1.82, 2.24) is 15.0 Å². The molecule has 0 aliphatic carbocycles. The van der Waals surface area contributed by atoms with Gasteiger partial charge in [0.1, 0.15) is 0 Å². The minimum absolute atomic E-state index is 0.00810. The highest BCUT2D eigenvalue weighted by Gasteiger charge is 2.24. The number of carbonyl (C=O) groups is 2. The molecule has 1 aromatic rings. The van der Waals surface area contributed by atoms with Crippen LogP contribution in [0.3, 0.4) is 0 Å². The lowest BCUT2D eigenvalue weighted by Crippen LogP contribution is -2.22. The lowest BCUT2D eigenvalue weighted by atomic mass is 9.73. The van der Waals surface area contributed by atoms with Gasteiger partial charge in [0.25, 0.3) is 0 Å². The quantitative estimate of drug-likeness (QED) is 0.795. The summed E-state index contributed by atoms with van der Waals surface area (Å²) in [6.45, 7) is 18.9. The number of hydrogen-bond acceptors (Lipinski definition) is 5. The largest absolute Gasteiger partial charge is 0.295 e. The molecule has 148 valence electrons. The van der Waals surface area contributed by atoms with E-state index in [0.717, 1.165) is 5.92 Å². The Balaban J connectivity index is 0.000000508. The number of nitrogens with zero attached hydrogens (tertiary/aromatic N) is 3. The van der Waals surface area contributed by atoms with Gasteiger partial charge in [-0.3, -0.25) is 20.2 Å². The van der Waals surface area contributed by atoms with Crippen LogP contribution in [0.5, 0.6) is 0 Å². The topological polar surface area (TPSA) is 96.9 Å². The highest BCUT2D eigenvalue weighted by molar-refractivity contribution is 6.28. The molecule has 2 amide bonds. The van der Waals surface area contributed by atoms with Crippen molar-refractivity contribution in [2.75, 3.05) is 10.6 Å². The molecule has 0 saturated heterocycles. The standard InChI is InChI=1S/C11H24.C7H8ClN5O2/c1-9(11(5,6)7)8-10(2,3)4;1-3(14)9-6-11-5(8)12-7(13-6)10-4(2)15/h9H,8H2,1-7H3;1-2H3,(H2,9,10,11,12,13,14,15). The van der Waals surface area contributed by atoms with Crippen molar-refractivity contribution in [3.63, 3.8) is 0 Å². The van der Waals surface area contributed by atoms with Gasteiger partial charge in [-0.05, 0) is 34.8 Å². The number of anilines is 2. The summed E-state index contributed by atoms with van der Waals surface area (Å²) in [5.41, 5.74) is 0.944. The van der Waals surface area contributed by atoms with E-state index in [1.807, 2.05) is 0 Å². The fraction of sp³-hybridized carbons (Fsp3) is 0.722. The molecule has 0 bridgehead atoms. The maximum absolute atomic E-state index is 10.7. The van der Waals surface area contributed by atoms with E-state index in [2.05, 4.69) is 74.1 Å². The van der Waals surface area contributed by atoms with Crippen LogP contribution in [0.25, 0.3) is 0 Å². The summed E-state index contributed by atoms with van der Waals surface area (Å²) in [4.78, 5) is 32.5. The molecule has 1 atom stereocenters. The molecule has 0 radical (unpaired) electrons. The number of rotatable bonds is 3. The highest BCUT2D eigenvalue weighted by Crippen LogP contribution is 2.35. The van der Waals surface area contributed by atoms with Crippen molar-refractivity contribution >= 4 is 35.3 Å². The normalized spacial score (nSPS) is 12.5. The van der Waals surface area contributed by atoms with Crippen LogP contribution in [-0.2, 0) is 9.59 Å². The van der Waals surface area contributed by atoms with E-state index in [4.69, 9.17) is 11.6 Å². The molecule has 8 heteroatoms. The van der Waals surface area contributed by atoms with Crippen LogP contribution in [0.4, 0.5) is 11.9 Å². The fourth-order valence-corrected chi connectivity index (χ4v) is 2.16. The van der Waals surface area contributed by atoms with Crippen LogP contribution < -0.4 is 10.6 Å². The summed E-state index contributed by atoms with van der Waals surface area (Å²) >= 11 is 5.55. The third-order valence-corrected chi connectivity index (χ3v) is 3.75. The second-order valence-electron chi connectivity index (χ2n) is 8.65. The summed E-state index contributed by atoms with van der Waals surface area (Å²) in [7, 11) is 0. The van der Waals surface area contributed by atoms with E-state index in [-0.39, 0.29) is 29.0 Å². The number of amides is 2. The van der Waals surface area contributed by atoms with Crippen LogP contribution in [0, 0.1) is 16.7 Å². The van der Waals surface area contributed by atoms with Gasteiger partial charge < -0.3 is 0 Å². The van der Waals surface area contributed by atoms with Gasteiger partial charge in [0.15, 0.2) is 0 Å². The molecule has 0 saturated carbocycles. The van der Waals surface area contributed by atoms with Crippen LogP contribution in [0.15, 0.2) is 0 Å². The highest BCUT2D eigenvalue weighted by atomic mass is 35.5. The first kappa shape index (κ1) is 24.2. The Kier molecular flexibility index (Phi) is 9.14. The summed E-state index contributed by atoms with van der Waals surface area (Å²) in [5.74, 6) is 0.108. The first-order valence-corrected chi connectivity index (χ1v) is 8.94. The molecule has 0 aromatic carbocycles. The molecule has 7 nitrogen and oxygen atoms in total. The molecule has 0 spiro atoms. The minimum Gasteiger partial charge on any atom is -0.295 e. The number of carbonyl (C=O) groups excluding carboxylic acids is 2. The molecule has 1 unspecified atom stereocenters. The third kappa shape index (κ3) is 11.7. The molecule has 26 heavy (non-hydrogen) atoms. The van der Waals surface area contributed by atoms with E-state index < -0.39 is 0 Å². The maximum atomic E-state index is 10.7. The van der Waals surface area contributed by atoms with Gasteiger partial charge in [0.2, 0.25) is 29.0 Å². The second-order valence-corrected chi connectivity index (χ2v) is 8.98. The predicted molar refractivity (Wildman–Crippen MR) is 106 cm³/mol. The van der Waals surface area contributed by atoms with Crippen LogP contribution in [0.2, 0.25) is 5.28 Å². The van der Waals surface area contributed by atoms with E-state index in [1.165, 1.54) is 20.3 Å². The second kappa shape index (κ2) is 9.80. The van der Waals surface area contributed by atoms with Gasteiger partial charge in [-0.25, -0.2) is 0 Å². The Morgan fingerprint density at radius 3 is 1.54 bits per heavy atom. The Morgan fingerprint density at radius 1 is 0.923 bits per heavy atom. The average molecular weight is 386 g/mol. The smallest absolute Gasteiger partial charge is 0.235 e. The molecule has 0 aliphatic heterocycles. The van der Waals surface area contributed by atoms with Gasteiger partial charge >= 0.3 is 0 Å². The number of nitrogens with one attached hydrogen (secondary N) is 2. The van der Waals surface area contributed by atoms with Crippen molar-refractivity contribution in [3.8, 4) is 0 Å². The van der Waals surface area contributed by atoms with E-state index in [0.29, 0.717) is 10.8 Å². The maximum Gasteiger partial charge on any atom is 0.235 e. The molecular formula is C18H32ClN5O2. The van der Waals surface area contributed by atoms with Gasteiger partial charge in [-0.1, -0.05) is 48.5 Å². The predicted octanol–water partition coefficient (Wildman–Crippen LogP) is 4.55. The Hall–Kier alpha value is -1.76. The minimum atomic E-state index is -0.342. The van der Waals surface area contributed by atoms with Crippen LogP contribution in [0.1, 0.15) is 68.7 Å². The molecule has 1 rings (SSSR count). The molecule has 0 aliphatic rings. The van der Waals surface area contributed by atoms with E-state index >= 15 is 0 Å². The number of halogens is 1. The first-order valence-electron chi connectivity index (χ1n) is 8.57. The summed E-state index contributed by atoms with van der Waals surface area (Å²) in [6.07, 6.45) is 1.32. The Labute approximate surface area is 161 Å². The molecule has 0 fully saturated rings. The van der Waals surface area contributed by atoms with Gasteiger partial charge in [-0.15, -0.1) is 0 Å². The molecular weight excluding hydrogens is 354 g/mol. The van der Waals surface area contributed by atoms with Gasteiger partial charge in [-0.2, -0.15) is 15.0 Å². The number of hydrogen-bond donors (Lipinski definition) is 2. The fourth-order valence-electron chi connectivity index (χ4n) is 2.00. The summed E-state index contributed by atoms with van der Waals surface area (Å²) in [5, 5.41) is 4.53. The van der Waals surface area contributed by atoms with Crippen molar-refractivity contribution in [2.45, 2.75) is 68.7 Å². The first-order chi connectivity index (χ1) is 11.6. The van der Waals surface area contributed by atoms with Crippen LogP contribution >= 0.6 is 11.6 Å². The lowest BCUT2D eigenvalue weighted by molar-refractivity contribution is -0.115. The number of aromatic nitrogens is 3. The zero-order valence-corrected chi connectivity index (χ0v) is 18.1. The van der Waals surface area contributed by atoms with Crippen LogP contribution in [-0.4, -0.2) is 26.8 Å². The summed E-state index contributed by atoms with van der Waals surface area (Å²) in [6, 6.07) is 0. The van der Waals surface area contributed by atoms with Crippen molar-refractivity contribution in [2.24, 2.45) is 16.7 Å². The van der Waals surface area contributed by atoms with Gasteiger partial charge in [0.05, 0.1) is 0 Å².